The second-order valence-corrected chi connectivity index (χ2v) is 2.59. The molecular formula is C9H7ClFN. The highest BCUT2D eigenvalue weighted by molar-refractivity contribution is 6.31. The van der Waals surface area contributed by atoms with Gasteiger partial charge in [-0.05, 0) is 18.2 Å². The molecule has 1 rings (SSSR count). The van der Waals surface area contributed by atoms with Gasteiger partial charge in [0.25, 0.3) is 0 Å². The van der Waals surface area contributed by atoms with Crippen LogP contribution in [-0.4, -0.2) is 6.54 Å². The van der Waals surface area contributed by atoms with Crippen LogP contribution >= 0.6 is 11.6 Å². The molecule has 0 aromatic heterocycles. The van der Waals surface area contributed by atoms with E-state index in [1.54, 1.807) is 6.07 Å². The molecule has 62 valence electrons. The Morgan fingerprint density at radius 2 is 2.33 bits per heavy atom. The van der Waals surface area contributed by atoms with Gasteiger partial charge in [0.2, 0.25) is 0 Å². The minimum Gasteiger partial charge on any atom is -0.374 e. The van der Waals surface area contributed by atoms with Crippen LogP contribution in [-0.2, 0) is 0 Å². The van der Waals surface area contributed by atoms with E-state index in [1.165, 1.54) is 12.1 Å². The molecule has 0 radical (unpaired) electrons. The Morgan fingerprint density at radius 1 is 1.58 bits per heavy atom. The highest BCUT2D eigenvalue weighted by atomic mass is 35.5. The molecule has 0 amide bonds. The molecule has 0 spiro atoms. The maximum absolute atomic E-state index is 12.6. The normalized spacial score (nSPS) is 9.08. The van der Waals surface area contributed by atoms with Crippen molar-refractivity contribution in [2.45, 2.75) is 0 Å². The second-order valence-electron chi connectivity index (χ2n) is 2.19. The zero-order chi connectivity index (χ0) is 8.97. The average molecular weight is 184 g/mol. The van der Waals surface area contributed by atoms with Gasteiger partial charge in [0.1, 0.15) is 5.82 Å². The summed E-state index contributed by atoms with van der Waals surface area (Å²) in [6, 6.07) is 4.37. The number of hydrogen-bond acceptors (Lipinski definition) is 1. The lowest BCUT2D eigenvalue weighted by Crippen LogP contribution is -1.97. The first-order chi connectivity index (χ1) is 5.74. The highest BCUT2D eigenvalue weighted by Crippen LogP contribution is 2.18. The summed E-state index contributed by atoms with van der Waals surface area (Å²) in [5.41, 5.74) is 0.722. The predicted octanol–water partition coefficient (Wildman–Crippen LogP) is 2.52. The number of hydrogen-bond donors (Lipinski definition) is 1. The summed E-state index contributed by atoms with van der Waals surface area (Å²) < 4.78 is 12.6. The quantitative estimate of drug-likeness (QED) is 0.695. The van der Waals surface area contributed by atoms with Crippen LogP contribution in [0.4, 0.5) is 10.1 Å². The van der Waals surface area contributed by atoms with Gasteiger partial charge in [-0.3, -0.25) is 0 Å². The third kappa shape index (κ3) is 2.14. The maximum atomic E-state index is 12.6. The van der Waals surface area contributed by atoms with Crippen LogP contribution in [0.15, 0.2) is 18.2 Å². The molecule has 12 heavy (non-hydrogen) atoms. The Hall–Kier alpha value is -1.20. The van der Waals surface area contributed by atoms with Gasteiger partial charge in [-0.2, -0.15) is 0 Å². The van der Waals surface area contributed by atoms with E-state index in [1.807, 2.05) is 0 Å². The molecule has 0 aliphatic heterocycles. The van der Waals surface area contributed by atoms with Crippen molar-refractivity contribution in [2.24, 2.45) is 0 Å². The zero-order valence-corrected chi connectivity index (χ0v) is 7.03. The van der Waals surface area contributed by atoms with Gasteiger partial charge >= 0.3 is 0 Å². The van der Waals surface area contributed by atoms with Crippen molar-refractivity contribution in [3.05, 3.63) is 29.0 Å². The van der Waals surface area contributed by atoms with Gasteiger partial charge in [0, 0.05) is 5.69 Å². The molecule has 0 aliphatic rings. The van der Waals surface area contributed by atoms with Gasteiger partial charge in [0.15, 0.2) is 0 Å². The van der Waals surface area contributed by atoms with Crippen molar-refractivity contribution in [3.8, 4) is 12.3 Å². The van der Waals surface area contributed by atoms with Crippen molar-refractivity contribution in [1.29, 1.82) is 0 Å². The summed E-state index contributed by atoms with van der Waals surface area (Å²) in [6.07, 6.45) is 5.02. The average Bonchev–Trinajstić information content (AvgIpc) is 2.07. The third-order valence-electron chi connectivity index (χ3n) is 1.31. The molecule has 0 atom stereocenters. The highest BCUT2D eigenvalue weighted by Gasteiger charge is 1.98. The molecular weight excluding hydrogens is 177 g/mol. The summed E-state index contributed by atoms with van der Waals surface area (Å²) in [5, 5.41) is 2.97. The number of benzene rings is 1. The first-order valence-electron chi connectivity index (χ1n) is 3.36. The third-order valence-corrected chi connectivity index (χ3v) is 1.60. The Morgan fingerprint density at radius 3 is 2.92 bits per heavy atom. The number of anilines is 1. The molecule has 1 nitrogen and oxygen atoms in total. The molecule has 3 heteroatoms. The standard InChI is InChI=1S/C9H7ClFN/c1-2-5-12-7-3-4-9(11)8(10)6-7/h1,3-4,6,12H,5H2. The number of nitrogens with one attached hydrogen (secondary N) is 1. The molecule has 0 saturated heterocycles. The van der Waals surface area contributed by atoms with Gasteiger partial charge < -0.3 is 5.32 Å². The van der Waals surface area contributed by atoms with Gasteiger partial charge in [0.05, 0.1) is 11.6 Å². The van der Waals surface area contributed by atoms with E-state index in [0.29, 0.717) is 6.54 Å². The van der Waals surface area contributed by atoms with Crippen LogP contribution < -0.4 is 5.32 Å². The van der Waals surface area contributed by atoms with Crippen molar-refractivity contribution in [2.75, 3.05) is 11.9 Å². The zero-order valence-electron chi connectivity index (χ0n) is 6.27. The summed E-state index contributed by atoms with van der Waals surface area (Å²) in [7, 11) is 0. The largest absolute Gasteiger partial charge is 0.374 e. The number of terminal acetylenes is 1. The van der Waals surface area contributed by atoms with E-state index in [0.717, 1.165) is 5.69 Å². The van der Waals surface area contributed by atoms with Gasteiger partial charge in [-0.25, -0.2) is 4.39 Å². The van der Waals surface area contributed by atoms with Crippen LogP contribution in [0.1, 0.15) is 0 Å². The van der Waals surface area contributed by atoms with Crippen LogP contribution in [0, 0.1) is 18.2 Å². The summed E-state index contributed by atoms with van der Waals surface area (Å²) >= 11 is 5.53. The first kappa shape index (κ1) is 8.89. The predicted molar refractivity (Wildman–Crippen MR) is 48.7 cm³/mol. The molecule has 0 fully saturated rings. The van der Waals surface area contributed by atoms with Crippen LogP contribution in [0.2, 0.25) is 5.02 Å². The van der Waals surface area contributed by atoms with Gasteiger partial charge in [-0.1, -0.05) is 17.5 Å². The fourth-order valence-corrected chi connectivity index (χ4v) is 0.940. The van der Waals surface area contributed by atoms with E-state index in [4.69, 9.17) is 18.0 Å². The minimum absolute atomic E-state index is 0.0945. The molecule has 0 unspecified atom stereocenters. The summed E-state index contributed by atoms with van der Waals surface area (Å²) in [5.74, 6) is 1.97. The second kappa shape index (κ2) is 3.99. The monoisotopic (exact) mass is 183 g/mol. The lowest BCUT2D eigenvalue weighted by molar-refractivity contribution is 0.628. The Balaban J connectivity index is 2.77. The molecule has 0 heterocycles. The van der Waals surface area contributed by atoms with E-state index < -0.39 is 5.82 Å². The van der Waals surface area contributed by atoms with Crippen molar-refractivity contribution in [3.63, 3.8) is 0 Å². The van der Waals surface area contributed by atoms with Crippen molar-refractivity contribution < 1.29 is 4.39 Å². The minimum atomic E-state index is -0.428. The van der Waals surface area contributed by atoms with E-state index >= 15 is 0 Å². The molecule has 0 saturated carbocycles. The topological polar surface area (TPSA) is 12.0 Å². The van der Waals surface area contributed by atoms with Crippen molar-refractivity contribution >= 4 is 17.3 Å². The molecule has 1 aromatic rings. The SMILES string of the molecule is C#CCNc1ccc(F)c(Cl)c1. The first-order valence-corrected chi connectivity index (χ1v) is 3.74. The molecule has 1 aromatic carbocycles. The fourth-order valence-electron chi connectivity index (χ4n) is 0.759. The van der Waals surface area contributed by atoms with Crippen LogP contribution in [0.3, 0.4) is 0 Å². The Kier molecular flexibility index (Phi) is 2.95. The maximum Gasteiger partial charge on any atom is 0.141 e. The Labute approximate surface area is 75.5 Å². The molecule has 1 N–H and O–H groups in total. The lowest BCUT2D eigenvalue weighted by Gasteiger charge is -2.02. The van der Waals surface area contributed by atoms with Gasteiger partial charge in [-0.15, -0.1) is 6.42 Å². The van der Waals surface area contributed by atoms with E-state index in [2.05, 4.69) is 11.2 Å². The van der Waals surface area contributed by atoms with Crippen LogP contribution in [0.5, 0.6) is 0 Å². The lowest BCUT2D eigenvalue weighted by atomic mass is 10.3. The molecule has 0 aliphatic carbocycles. The Bertz CT molecular complexity index is 317. The van der Waals surface area contributed by atoms with E-state index in [-0.39, 0.29) is 5.02 Å². The molecule has 0 bridgehead atoms. The van der Waals surface area contributed by atoms with Crippen LogP contribution in [0.25, 0.3) is 0 Å². The number of rotatable bonds is 2. The summed E-state index contributed by atoms with van der Waals surface area (Å²) in [6.45, 7) is 0.405. The van der Waals surface area contributed by atoms with Crippen molar-refractivity contribution in [1.82, 2.24) is 0 Å². The van der Waals surface area contributed by atoms with E-state index in [9.17, 15) is 4.39 Å². The summed E-state index contributed by atoms with van der Waals surface area (Å²) in [4.78, 5) is 0. The number of halogens is 2. The fraction of sp³-hybridized carbons (Fsp3) is 0.111. The smallest absolute Gasteiger partial charge is 0.141 e.